The number of para-hydroxylation sites is 1. The van der Waals surface area contributed by atoms with E-state index >= 15 is 0 Å². The van der Waals surface area contributed by atoms with Crippen molar-refractivity contribution < 1.29 is 17.9 Å². The van der Waals surface area contributed by atoms with Crippen LogP contribution in [0.15, 0.2) is 41.7 Å². The van der Waals surface area contributed by atoms with E-state index in [2.05, 4.69) is 25.5 Å². The number of aryl methyl sites for hydroxylation is 1. The molecule has 2 rings (SSSR count). The zero-order valence-electron chi connectivity index (χ0n) is 14.7. The Bertz CT molecular complexity index is 727. The fourth-order valence-electron chi connectivity index (χ4n) is 2.29. The van der Waals surface area contributed by atoms with Crippen molar-refractivity contribution in [3.05, 3.63) is 47.8 Å². The minimum absolute atomic E-state index is 0.0640. The van der Waals surface area contributed by atoms with E-state index in [1.54, 1.807) is 23.0 Å². The minimum atomic E-state index is -4.73. The monoisotopic (exact) mass is 369 g/mol. The predicted octanol–water partition coefficient (Wildman–Crippen LogP) is 2.62. The number of rotatable bonds is 7. The zero-order valence-corrected chi connectivity index (χ0v) is 14.7. The van der Waals surface area contributed by atoms with Gasteiger partial charge in [0.05, 0.1) is 12.7 Å². The zero-order chi connectivity index (χ0) is 19.0. The number of ether oxygens (including phenoxy) is 1. The Morgan fingerprint density at radius 3 is 2.69 bits per heavy atom. The Balaban J connectivity index is 1.97. The predicted molar refractivity (Wildman–Crippen MR) is 92.9 cm³/mol. The van der Waals surface area contributed by atoms with Crippen molar-refractivity contribution in [1.82, 2.24) is 20.4 Å². The van der Waals surface area contributed by atoms with Crippen LogP contribution in [0, 0.1) is 0 Å². The average molecular weight is 369 g/mol. The maximum absolute atomic E-state index is 12.5. The number of nitrogens with zero attached hydrogens (tertiary/aromatic N) is 3. The molecule has 6 nitrogen and oxygen atoms in total. The number of nitrogens with one attached hydrogen (secondary N) is 2. The Morgan fingerprint density at radius 1 is 1.27 bits per heavy atom. The number of aliphatic imine (C=N–C) groups is 1. The molecule has 1 aromatic heterocycles. The van der Waals surface area contributed by atoms with Gasteiger partial charge in [-0.2, -0.15) is 5.10 Å². The van der Waals surface area contributed by atoms with Crippen LogP contribution in [0.2, 0.25) is 0 Å². The lowest BCUT2D eigenvalue weighted by atomic mass is 10.2. The highest BCUT2D eigenvalue weighted by atomic mass is 19.4. The molecule has 0 spiro atoms. The van der Waals surface area contributed by atoms with E-state index in [4.69, 9.17) is 0 Å². The summed E-state index contributed by atoms with van der Waals surface area (Å²) in [6, 6.07) is 5.98. The summed E-state index contributed by atoms with van der Waals surface area (Å²) >= 11 is 0. The van der Waals surface area contributed by atoms with Crippen molar-refractivity contribution in [3.63, 3.8) is 0 Å². The number of benzene rings is 1. The molecule has 142 valence electrons. The highest BCUT2D eigenvalue weighted by molar-refractivity contribution is 5.79. The lowest BCUT2D eigenvalue weighted by molar-refractivity contribution is -0.274. The van der Waals surface area contributed by atoms with Crippen LogP contribution >= 0.6 is 0 Å². The summed E-state index contributed by atoms with van der Waals surface area (Å²) in [5, 5.41) is 10.3. The van der Waals surface area contributed by atoms with E-state index < -0.39 is 6.36 Å². The summed E-state index contributed by atoms with van der Waals surface area (Å²) in [6.07, 6.45) is -0.259. The lowest BCUT2D eigenvalue weighted by Crippen LogP contribution is -2.38. The van der Waals surface area contributed by atoms with Crippen LogP contribution in [0.3, 0.4) is 0 Å². The fraction of sp³-hybridized carbons (Fsp3) is 0.412. The molecule has 1 aromatic carbocycles. The van der Waals surface area contributed by atoms with Gasteiger partial charge in [-0.05, 0) is 25.0 Å². The Labute approximate surface area is 150 Å². The second-order valence-corrected chi connectivity index (χ2v) is 5.55. The summed E-state index contributed by atoms with van der Waals surface area (Å²) in [7, 11) is 1.85. The van der Waals surface area contributed by atoms with Crippen molar-refractivity contribution >= 4 is 5.96 Å². The van der Waals surface area contributed by atoms with Crippen LogP contribution in [0.25, 0.3) is 0 Å². The second kappa shape index (κ2) is 9.12. The molecule has 0 radical (unpaired) electrons. The highest BCUT2D eigenvalue weighted by Crippen LogP contribution is 2.26. The van der Waals surface area contributed by atoms with Gasteiger partial charge in [0.15, 0.2) is 5.96 Å². The smallest absolute Gasteiger partial charge is 0.405 e. The van der Waals surface area contributed by atoms with Crippen LogP contribution in [0.4, 0.5) is 13.2 Å². The third kappa shape index (κ3) is 6.66. The maximum atomic E-state index is 12.5. The molecule has 1 heterocycles. The van der Waals surface area contributed by atoms with Crippen LogP contribution in [-0.4, -0.2) is 35.2 Å². The third-order valence-corrected chi connectivity index (χ3v) is 3.41. The Kier molecular flexibility index (Phi) is 6.88. The molecule has 0 unspecified atom stereocenters. The van der Waals surface area contributed by atoms with Gasteiger partial charge in [0.1, 0.15) is 5.75 Å². The largest absolute Gasteiger partial charge is 0.573 e. The molecule has 0 saturated carbocycles. The van der Waals surface area contributed by atoms with Gasteiger partial charge in [0, 0.05) is 31.9 Å². The molecular formula is C17H22F3N5O. The molecule has 0 aliphatic carbocycles. The topological polar surface area (TPSA) is 63.5 Å². The molecular weight excluding hydrogens is 347 g/mol. The molecule has 2 N–H and O–H groups in total. The van der Waals surface area contributed by atoms with Gasteiger partial charge in [0.2, 0.25) is 0 Å². The maximum Gasteiger partial charge on any atom is 0.573 e. The van der Waals surface area contributed by atoms with E-state index in [9.17, 15) is 13.2 Å². The van der Waals surface area contributed by atoms with E-state index in [1.165, 1.54) is 12.1 Å². The molecule has 0 bridgehead atoms. The number of aromatic nitrogens is 2. The van der Waals surface area contributed by atoms with Crippen LogP contribution < -0.4 is 15.4 Å². The quantitative estimate of drug-likeness (QED) is 0.582. The van der Waals surface area contributed by atoms with Crippen molar-refractivity contribution in [3.8, 4) is 5.75 Å². The van der Waals surface area contributed by atoms with Gasteiger partial charge in [0.25, 0.3) is 0 Å². The van der Waals surface area contributed by atoms with E-state index in [1.807, 2.05) is 20.2 Å². The highest BCUT2D eigenvalue weighted by Gasteiger charge is 2.31. The number of guanidine groups is 1. The summed E-state index contributed by atoms with van der Waals surface area (Å²) in [5.74, 6) is 0.285. The molecule has 2 aromatic rings. The summed E-state index contributed by atoms with van der Waals surface area (Å²) in [6.45, 7) is 3.24. The standard InChI is InChI=1S/C17H22F3N5O/c1-3-21-16(22-9-8-13-10-24-25(2)12-13)23-11-14-6-4-5-7-15(14)26-17(18,19)20/h4-7,10,12H,3,8-9,11H2,1-2H3,(H2,21,22,23). The molecule has 0 fully saturated rings. The SMILES string of the molecule is CCNC(=NCc1ccccc1OC(F)(F)F)NCCc1cnn(C)c1. The first-order valence-corrected chi connectivity index (χ1v) is 8.20. The second-order valence-electron chi connectivity index (χ2n) is 5.55. The van der Waals surface area contributed by atoms with Crippen molar-refractivity contribution in [2.24, 2.45) is 12.0 Å². The van der Waals surface area contributed by atoms with E-state index in [0.29, 0.717) is 24.6 Å². The summed E-state index contributed by atoms with van der Waals surface area (Å²) < 4.78 is 43.2. The number of hydrogen-bond acceptors (Lipinski definition) is 3. The third-order valence-electron chi connectivity index (χ3n) is 3.41. The van der Waals surface area contributed by atoms with E-state index in [-0.39, 0.29) is 12.3 Å². The average Bonchev–Trinajstić information content (AvgIpc) is 2.98. The summed E-state index contributed by atoms with van der Waals surface area (Å²) in [4.78, 5) is 4.34. The van der Waals surface area contributed by atoms with Gasteiger partial charge < -0.3 is 15.4 Å². The van der Waals surface area contributed by atoms with Crippen molar-refractivity contribution in [2.75, 3.05) is 13.1 Å². The molecule has 0 atom stereocenters. The summed E-state index contributed by atoms with van der Waals surface area (Å²) in [5.41, 5.74) is 1.44. The molecule has 9 heteroatoms. The molecule has 0 amide bonds. The van der Waals surface area contributed by atoms with Gasteiger partial charge in [-0.15, -0.1) is 13.2 Å². The lowest BCUT2D eigenvalue weighted by Gasteiger charge is -2.13. The Hall–Kier alpha value is -2.71. The Morgan fingerprint density at radius 2 is 2.04 bits per heavy atom. The first kappa shape index (κ1) is 19.6. The first-order chi connectivity index (χ1) is 12.4. The van der Waals surface area contributed by atoms with Gasteiger partial charge in [-0.25, -0.2) is 4.99 Å². The number of hydrogen-bond donors (Lipinski definition) is 2. The van der Waals surface area contributed by atoms with Crippen molar-refractivity contribution in [1.29, 1.82) is 0 Å². The normalized spacial score (nSPS) is 12.1. The van der Waals surface area contributed by atoms with Crippen LogP contribution in [0.1, 0.15) is 18.1 Å². The van der Waals surface area contributed by atoms with Crippen molar-refractivity contribution in [2.45, 2.75) is 26.3 Å². The molecule has 0 saturated heterocycles. The van der Waals surface area contributed by atoms with Gasteiger partial charge in [-0.1, -0.05) is 18.2 Å². The van der Waals surface area contributed by atoms with Gasteiger partial charge in [-0.3, -0.25) is 4.68 Å². The van der Waals surface area contributed by atoms with Crippen LogP contribution in [-0.2, 0) is 20.0 Å². The fourth-order valence-corrected chi connectivity index (χ4v) is 2.29. The minimum Gasteiger partial charge on any atom is -0.405 e. The van der Waals surface area contributed by atoms with E-state index in [0.717, 1.165) is 12.0 Å². The number of halogens is 3. The molecule has 0 aliphatic rings. The first-order valence-electron chi connectivity index (χ1n) is 8.20. The van der Waals surface area contributed by atoms with Crippen LogP contribution in [0.5, 0.6) is 5.75 Å². The number of alkyl halides is 3. The molecule has 26 heavy (non-hydrogen) atoms. The van der Waals surface area contributed by atoms with Gasteiger partial charge >= 0.3 is 6.36 Å². The molecule has 0 aliphatic heterocycles.